The highest BCUT2D eigenvalue weighted by Crippen LogP contribution is 2.06. The summed E-state index contributed by atoms with van der Waals surface area (Å²) in [5, 5.41) is 3.03. The van der Waals surface area contributed by atoms with Crippen molar-refractivity contribution in [3.8, 4) is 0 Å². The summed E-state index contributed by atoms with van der Waals surface area (Å²) in [6.07, 6.45) is 3.20. The van der Waals surface area contributed by atoms with Crippen LogP contribution in [0.15, 0.2) is 24.3 Å². The number of hydrogen-bond donors (Lipinski definition) is 1. The highest BCUT2D eigenvalue weighted by molar-refractivity contribution is 5.51. The summed E-state index contributed by atoms with van der Waals surface area (Å²) in [5.74, 6) is 0. The first-order chi connectivity index (χ1) is 6.86. The number of aldehydes is 1. The van der Waals surface area contributed by atoms with Crippen molar-refractivity contribution in [2.45, 2.75) is 26.3 Å². The molecule has 0 heterocycles. The molecule has 0 spiro atoms. The zero-order valence-electron chi connectivity index (χ0n) is 8.62. The molecule has 0 radical (unpaired) electrons. The van der Waals surface area contributed by atoms with E-state index in [9.17, 15) is 4.79 Å². The van der Waals surface area contributed by atoms with Gasteiger partial charge in [0.25, 0.3) is 0 Å². The van der Waals surface area contributed by atoms with E-state index in [2.05, 4.69) is 36.5 Å². The molecule has 0 saturated heterocycles. The van der Waals surface area contributed by atoms with Crippen LogP contribution in [0.3, 0.4) is 0 Å². The maximum Gasteiger partial charge on any atom is 0.133 e. The van der Waals surface area contributed by atoms with E-state index in [1.165, 1.54) is 17.5 Å². The topological polar surface area (TPSA) is 29.1 Å². The predicted molar refractivity (Wildman–Crippen MR) is 58.2 cm³/mol. The number of nitrogens with one attached hydrogen (secondary N) is 1. The van der Waals surface area contributed by atoms with Crippen LogP contribution in [0.5, 0.6) is 0 Å². The molecular weight excluding hydrogens is 174 g/mol. The summed E-state index contributed by atoms with van der Waals surface area (Å²) in [6, 6.07) is 8.54. The second-order valence-electron chi connectivity index (χ2n) is 3.36. The van der Waals surface area contributed by atoms with Gasteiger partial charge in [0.1, 0.15) is 6.29 Å². The van der Waals surface area contributed by atoms with Crippen molar-refractivity contribution in [2.75, 3.05) is 6.54 Å². The van der Waals surface area contributed by atoms with E-state index in [0.29, 0.717) is 6.54 Å². The average molecular weight is 191 g/mol. The highest BCUT2D eigenvalue weighted by atomic mass is 16.1. The van der Waals surface area contributed by atoms with Gasteiger partial charge in [0.05, 0.1) is 6.54 Å². The lowest BCUT2D eigenvalue weighted by atomic mass is 10.1. The minimum Gasteiger partial charge on any atom is -0.306 e. The second kappa shape index (κ2) is 6.33. The van der Waals surface area contributed by atoms with Crippen molar-refractivity contribution in [3.05, 3.63) is 35.4 Å². The molecule has 0 atom stereocenters. The summed E-state index contributed by atoms with van der Waals surface area (Å²) in [5.41, 5.74) is 2.61. The van der Waals surface area contributed by atoms with Gasteiger partial charge in [-0.3, -0.25) is 0 Å². The van der Waals surface area contributed by atoms with E-state index in [1.807, 2.05) is 0 Å². The fourth-order valence-corrected chi connectivity index (χ4v) is 1.39. The molecule has 1 aromatic carbocycles. The summed E-state index contributed by atoms with van der Waals surface area (Å²) in [7, 11) is 0. The summed E-state index contributed by atoms with van der Waals surface area (Å²) in [4.78, 5) is 10.1. The Bertz CT molecular complexity index is 266. The third kappa shape index (κ3) is 3.71. The number of rotatable bonds is 6. The normalized spacial score (nSPS) is 10.1. The van der Waals surface area contributed by atoms with Crippen LogP contribution in [-0.2, 0) is 17.8 Å². The Hall–Kier alpha value is -1.15. The molecule has 2 nitrogen and oxygen atoms in total. The van der Waals surface area contributed by atoms with Crippen LogP contribution in [0.2, 0.25) is 0 Å². The van der Waals surface area contributed by atoms with Crippen LogP contribution < -0.4 is 5.32 Å². The standard InChI is InChI=1S/C12H17NO/c1-2-3-11-4-6-12(7-5-11)10-13-8-9-14/h4-7,9,13H,2-3,8,10H2,1H3. The molecule has 76 valence electrons. The van der Waals surface area contributed by atoms with Gasteiger partial charge in [0.2, 0.25) is 0 Å². The lowest BCUT2D eigenvalue weighted by Gasteiger charge is -2.03. The molecule has 2 heteroatoms. The Kier molecular flexibility index (Phi) is 4.94. The molecule has 1 N–H and O–H groups in total. The van der Waals surface area contributed by atoms with E-state index in [1.54, 1.807) is 0 Å². The third-order valence-corrected chi connectivity index (χ3v) is 2.12. The first kappa shape index (κ1) is 10.9. The first-order valence-electron chi connectivity index (χ1n) is 5.09. The quantitative estimate of drug-likeness (QED) is 0.550. The molecule has 1 rings (SSSR count). The Labute approximate surface area is 85.3 Å². The van der Waals surface area contributed by atoms with Crippen LogP contribution in [0.25, 0.3) is 0 Å². The van der Waals surface area contributed by atoms with E-state index in [-0.39, 0.29) is 0 Å². The molecule has 0 fully saturated rings. The third-order valence-electron chi connectivity index (χ3n) is 2.12. The lowest BCUT2D eigenvalue weighted by Crippen LogP contribution is -2.15. The zero-order valence-corrected chi connectivity index (χ0v) is 8.62. The van der Waals surface area contributed by atoms with Crippen LogP contribution in [-0.4, -0.2) is 12.8 Å². The van der Waals surface area contributed by atoms with Gasteiger partial charge in [0.15, 0.2) is 0 Å². The number of hydrogen-bond acceptors (Lipinski definition) is 2. The van der Waals surface area contributed by atoms with Crippen LogP contribution in [0, 0.1) is 0 Å². The second-order valence-corrected chi connectivity index (χ2v) is 3.36. The lowest BCUT2D eigenvalue weighted by molar-refractivity contribution is -0.107. The zero-order chi connectivity index (χ0) is 10.2. The summed E-state index contributed by atoms with van der Waals surface area (Å²) < 4.78 is 0. The largest absolute Gasteiger partial charge is 0.306 e. The highest BCUT2D eigenvalue weighted by Gasteiger charge is 1.93. The minimum absolute atomic E-state index is 0.427. The molecule has 0 unspecified atom stereocenters. The van der Waals surface area contributed by atoms with Gasteiger partial charge in [-0.1, -0.05) is 37.6 Å². The Morgan fingerprint density at radius 3 is 2.43 bits per heavy atom. The smallest absolute Gasteiger partial charge is 0.133 e. The number of benzene rings is 1. The molecule has 0 aromatic heterocycles. The fourth-order valence-electron chi connectivity index (χ4n) is 1.39. The fraction of sp³-hybridized carbons (Fsp3) is 0.417. The molecule has 1 aromatic rings. The van der Waals surface area contributed by atoms with Gasteiger partial charge in [-0.2, -0.15) is 0 Å². The number of aryl methyl sites for hydroxylation is 1. The van der Waals surface area contributed by atoms with Crippen molar-refractivity contribution >= 4 is 6.29 Å². The van der Waals surface area contributed by atoms with Gasteiger partial charge in [-0.15, -0.1) is 0 Å². The predicted octanol–water partition coefficient (Wildman–Crippen LogP) is 1.93. The Morgan fingerprint density at radius 2 is 1.86 bits per heavy atom. The molecule has 0 aliphatic rings. The van der Waals surface area contributed by atoms with Gasteiger partial charge in [-0.25, -0.2) is 0 Å². The SMILES string of the molecule is CCCc1ccc(CNCC=O)cc1. The Balaban J connectivity index is 2.42. The van der Waals surface area contributed by atoms with Crippen molar-refractivity contribution in [3.63, 3.8) is 0 Å². The minimum atomic E-state index is 0.427. The average Bonchev–Trinajstić information content (AvgIpc) is 2.21. The van der Waals surface area contributed by atoms with Crippen molar-refractivity contribution < 1.29 is 4.79 Å². The van der Waals surface area contributed by atoms with Crippen molar-refractivity contribution in [1.29, 1.82) is 0 Å². The van der Waals surface area contributed by atoms with Crippen LogP contribution in [0.1, 0.15) is 24.5 Å². The molecule has 0 bridgehead atoms. The van der Waals surface area contributed by atoms with Crippen LogP contribution in [0.4, 0.5) is 0 Å². The van der Waals surface area contributed by atoms with Crippen LogP contribution >= 0.6 is 0 Å². The van der Waals surface area contributed by atoms with Crippen molar-refractivity contribution in [1.82, 2.24) is 5.32 Å². The maximum absolute atomic E-state index is 10.1. The Morgan fingerprint density at radius 1 is 1.21 bits per heavy atom. The van der Waals surface area contributed by atoms with E-state index >= 15 is 0 Å². The molecule has 14 heavy (non-hydrogen) atoms. The summed E-state index contributed by atoms with van der Waals surface area (Å²) in [6.45, 7) is 3.38. The maximum atomic E-state index is 10.1. The molecule has 0 saturated carbocycles. The molecule has 0 aliphatic carbocycles. The van der Waals surface area contributed by atoms with Gasteiger partial charge in [0, 0.05) is 6.54 Å². The van der Waals surface area contributed by atoms with Gasteiger partial charge in [-0.05, 0) is 17.5 Å². The van der Waals surface area contributed by atoms with Crippen molar-refractivity contribution in [2.24, 2.45) is 0 Å². The monoisotopic (exact) mass is 191 g/mol. The molecule has 0 aliphatic heterocycles. The van der Waals surface area contributed by atoms with Gasteiger partial charge < -0.3 is 10.1 Å². The number of carbonyl (C=O) groups is 1. The molecular formula is C12H17NO. The first-order valence-corrected chi connectivity index (χ1v) is 5.09. The summed E-state index contributed by atoms with van der Waals surface area (Å²) >= 11 is 0. The molecule has 0 amide bonds. The van der Waals surface area contributed by atoms with E-state index in [0.717, 1.165) is 19.3 Å². The number of carbonyl (C=O) groups excluding carboxylic acids is 1. The van der Waals surface area contributed by atoms with Gasteiger partial charge >= 0.3 is 0 Å². The van der Waals surface area contributed by atoms with E-state index < -0.39 is 0 Å². The van der Waals surface area contributed by atoms with E-state index in [4.69, 9.17) is 0 Å².